The second-order valence-corrected chi connectivity index (χ2v) is 11.6. The lowest BCUT2D eigenvalue weighted by Crippen LogP contribution is -2.34. The van der Waals surface area contributed by atoms with Crippen LogP contribution in [0.15, 0.2) is 66.7 Å². The van der Waals surface area contributed by atoms with Crippen LogP contribution in [0.5, 0.6) is 23.0 Å². The minimum Gasteiger partial charge on any atom is -0.494 e. The molecule has 0 saturated carbocycles. The van der Waals surface area contributed by atoms with Crippen LogP contribution in [0, 0.1) is 5.82 Å². The van der Waals surface area contributed by atoms with Crippen LogP contribution in [0.2, 0.25) is 0 Å². The molecule has 9 nitrogen and oxygen atoms in total. The van der Waals surface area contributed by atoms with Crippen molar-refractivity contribution in [1.29, 1.82) is 0 Å². The van der Waals surface area contributed by atoms with Crippen LogP contribution in [0.4, 0.5) is 22.4 Å². The molecule has 0 fully saturated rings. The maximum Gasteiger partial charge on any atom is 0.519 e. The van der Waals surface area contributed by atoms with Crippen LogP contribution in [-0.4, -0.2) is 50.2 Å². The van der Waals surface area contributed by atoms with Gasteiger partial charge in [0.15, 0.2) is 6.10 Å². The molecule has 13 heteroatoms. The molecule has 3 aromatic rings. The third-order valence-corrected chi connectivity index (χ3v) is 7.53. The highest BCUT2D eigenvalue weighted by Crippen LogP contribution is 2.29. The van der Waals surface area contributed by atoms with E-state index in [1.54, 1.807) is 31.2 Å². The molecule has 0 saturated heterocycles. The Balaban J connectivity index is 1.46. The quantitative estimate of drug-likeness (QED) is 0.0349. The minimum absolute atomic E-state index is 0.00503. The number of rotatable bonds is 21. The molecule has 0 aromatic heterocycles. The van der Waals surface area contributed by atoms with Gasteiger partial charge in [-0.3, -0.25) is 0 Å². The van der Waals surface area contributed by atoms with Gasteiger partial charge in [-0.15, -0.1) is 0 Å². The summed E-state index contributed by atoms with van der Waals surface area (Å²) in [4.78, 5) is 37.3. The van der Waals surface area contributed by atoms with Crippen molar-refractivity contribution in [2.75, 3.05) is 19.8 Å². The largest absolute Gasteiger partial charge is 0.519 e. The Kier molecular flexibility index (Phi) is 17.2. The Hall–Kier alpha value is -4.65. The number of benzene rings is 3. The van der Waals surface area contributed by atoms with E-state index in [2.05, 4.69) is 11.7 Å². The van der Waals surface area contributed by atoms with Gasteiger partial charge in [0, 0.05) is 19.3 Å². The molecule has 278 valence electrons. The van der Waals surface area contributed by atoms with Crippen LogP contribution >= 0.6 is 0 Å². The van der Waals surface area contributed by atoms with Crippen molar-refractivity contribution in [2.45, 2.75) is 90.3 Å². The summed E-state index contributed by atoms with van der Waals surface area (Å²) in [6.45, 7) is 5.50. The summed E-state index contributed by atoms with van der Waals surface area (Å²) in [5.74, 6) is -3.01. The van der Waals surface area contributed by atoms with Gasteiger partial charge >= 0.3 is 24.3 Å². The molecule has 0 bridgehead atoms. The maximum atomic E-state index is 14.7. The van der Waals surface area contributed by atoms with Crippen LogP contribution in [-0.2, 0) is 9.47 Å². The van der Waals surface area contributed by atoms with Crippen molar-refractivity contribution in [1.82, 2.24) is 0 Å². The highest BCUT2D eigenvalue weighted by molar-refractivity contribution is 5.92. The van der Waals surface area contributed by atoms with Crippen LogP contribution in [0.3, 0.4) is 0 Å². The van der Waals surface area contributed by atoms with Gasteiger partial charge in [0.25, 0.3) is 0 Å². The summed E-state index contributed by atoms with van der Waals surface area (Å²) in [5.41, 5.74) is -0.744. The summed E-state index contributed by atoms with van der Waals surface area (Å²) >= 11 is 0. The Bertz CT molecular complexity index is 1510. The molecule has 3 rings (SSSR count). The van der Waals surface area contributed by atoms with Crippen molar-refractivity contribution < 1.29 is 60.4 Å². The summed E-state index contributed by atoms with van der Waals surface area (Å²) in [6.07, 6.45) is -0.680. The number of ether oxygens (including phenoxy) is 6. The Morgan fingerprint density at radius 3 is 1.84 bits per heavy atom. The van der Waals surface area contributed by atoms with Crippen LogP contribution < -0.4 is 18.9 Å². The van der Waals surface area contributed by atoms with Gasteiger partial charge < -0.3 is 28.4 Å². The molecule has 0 radical (unpaired) electrons. The number of unbranched alkanes of at least 4 members (excludes halogenated alkanes) is 7. The summed E-state index contributed by atoms with van der Waals surface area (Å²) < 4.78 is 86.1. The molecule has 0 amide bonds. The molecule has 0 aliphatic heterocycles. The summed E-state index contributed by atoms with van der Waals surface area (Å²) in [6, 6.07) is 14.3. The second kappa shape index (κ2) is 21.5. The predicted octanol–water partition coefficient (Wildman–Crippen LogP) is 10.0. The number of alkyl halides is 3. The van der Waals surface area contributed by atoms with E-state index in [9.17, 15) is 31.9 Å². The lowest BCUT2D eigenvalue weighted by atomic mass is 10.1. The molecule has 3 aromatic carbocycles. The molecular weight excluding hydrogens is 676 g/mol. The van der Waals surface area contributed by atoms with Gasteiger partial charge in [-0.25, -0.2) is 18.8 Å². The first kappa shape index (κ1) is 40.8. The van der Waals surface area contributed by atoms with E-state index in [-0.39, 0.29) is 29.2 Å². The van der Waals surface area contributed by atoms with Gasteiger partial charge in [0.2, 0.25) is 0 Å². The monoisotopic (exact) mass is 720 g/mol. The SMILES string of the molecule is CCCCCCCCOc1ccc(OC(=O)Oc2ccc(C(=O)Oc3ccc(C(=O)O[C@H](CCCCCOCC)C(F)(F)F)c(F)c3)cc2)cc1. The Morgan fingerprint density at radius 1 is 0.647 bits per heavy atom. The molecule has 0 aliphatic carbocycles. The van der Waals surface area contributed by atoms with Crippen molar-refractivity contribution in [3.05, 3.63) is 83.7 Å². The first-order valence-corrected chi connectivity index (χ1v) is 17.1. The van der Waals surface area contributed by atoms with Crippen molar-refractivity contribution in [3.8, 4) is 23.0 Å². The number of carbonyl (C=O) groups is 3. The Labute approximate surface area is 295 Å². The van der Waals surface area contributed by atoms with Gasteiger partial charge in [0.05, 0.1) is 17.7 Å². The van der Waals surface area contributed by atoms with E-state index in [0.29, 0.717) is 44.5 Å². The number of hydrogen-bond donors (Lipinski definition) is 0. The fourth-order valence-corrected chi connectivity index (χ4v) is 4.78. The molecule has 0 heterocycles. The lowest BCUT2D eigenvalue weighted by Gasteiger charge is -2.21. The van der Waals surface area contributed by atoms with Crippen molar-refractivity contribution >= 4 is 18.1 Å². The molecular formula is C38H44F4O9. The second-order valence-electron chi connectivity index (χ2n) is 11.6. The van der Waals surface area contributed by atoms with Crippen molar-refractivity contribution in [2.24, 2.45) is 0 Å². The number of halogens is 4. The van der Waals surface area contributed by atoms with Gasteiger partial charge in [-0.05, 0) is 93.3 Å². The third-order valence-electron chi connectivity index (χ3n) is 7.53. The maximum absolute atomic E-state index is 14.7. The highest BCUT2D eigenvalue weighted by Gasteiger charge is 2.42. The molecule has 51 heavy (non-hydrogen) atoms. The first-order chi connectivity index (χ1) is 24.5. The van der Waals surface area contributed by atoms with E-state index in [0.717, 1.165) is 25.0 Å². The highest BCUT2D eigenvalue weighted by atomic mass is 19.4. The lowest BCUT2D eigenvalue weighted by molar-refractivity contribution is -0.206. The fourth-order valence-electron chi connectivity index (χ4n) is 4.78. The normalized spacial score (nSPS) is 11.8. The topological polar surface area (TPSA) is 107 Å². The molecule has 0 spiro atoms. The number of esters is 2. The summed E-state index contributed by atoms with van der Waals surface area (Å²) in [7, 11) is 0. The van der Waals surface area contributed by atoms with Gasteiger partial charge in [-0.1, -0.05) is 45.4 Å². The zero-order valence-corrected chi connectivity index (χ0v) is 28.8. The minimum atomic E-state index is -4.84. The third kappa shape index (κ3) is 15.0. The smallest absolute Gasteiger partial charge is 0.494 e. The van der Waals surface area contributed by atoms with E-state index < -0.39 is 48.2 Å². The van der Waals surface area contributed by atoms with Gasteiger partial charge in [0.1, 0.15) is 28.8 Å². The van der Waals surface area contributed by atoms with Crippen LogP contribution in [0.25, 0.3) is 0 Å². The van der Waals surface area contributed by atoms with Crippen molar-refractivity contribution in [3.63, 3.8) is 0 Å². The summed E-state index contributed by atoms with van der Waals surface area (Å²) in [5, 5.41) is 0. The standard InChI is InChI=1S/C38H44F4O9/c1-3-5-6-7-8-12-25-47-28-18-20-30(21-19-28)50-37(45)49-29-16-14-27(15-17-29)35(43)48-31-22-23-32(33(39)26-31)36(44)51-34(38(40,41)42)13-10-9-11-24-46-4-2/h14-23,26,34H,3-13,24-25H2,1-2H3/t34-/m1/s1. The average Bonchev–Trinajstić information content (AvgIpc) is 3.09. The number of carbonyl (C=O) groups excluding carboxylic acids is 3. The first-order valence-electron chi connectivity index (χ1n) is 17.1. The predicted molar refractivity (Wildman–Crippen MR) is 180 cm³/mol. The molecule has 0 N–H and O–H groups in total. The van der Waals surface area contributed by atoms with E-state index in [1.807, 2.05) is 0 Å². The zero-order valence-electron chi connectivity index (χ0n) is 28.8. The van der Waals surface area contributed by atoms with Gasteiger partial charge in [-0.2, -0.15) is 13.2 Å². The van der Waals surface area contributed by atoms with E-state index in [1.165, 1.54) is 49.9 Å². The fraction of sp³-hybridized carbons (Fsp3) is 0.447. The van der Waals surface area contributed by atoms with Crippen LogP contribution in [0.1, 0.15) is 98.8 Å². The van der Waals surface area contributed by atoms with E-state index in [4.69, 9.17) is 23.7 Å². The molecule has 1 atom stereocenters. The zero-order chi connectivity index (χ0) is 37.1. The van der Waals surface area contributed by atoms with E-state index >= 15 is 0 Å². The number of hydrogen-bond acceptors (Lipinski definition) is 9. The molecule has 0 aliphatic rings. The Morgan fingerprint density at radius 2 is 1.22 bits per heavy atom. The average molecular weight is 721 g/mol. The molecule has 0 unspecified atom stereocenters.